The van der Waals surface area contributed by atoms with Gasteiger partial charge in [0.15, 0.2) is 0 Å². The molecule has 0 aromatic heterocycles. The number of benzene rings is 1. The quantitative estimate of drug-likeness (QED) is 0.874. The van der Waals surface area contributed by atoms with Gasteiger partial charge in [-0.3, -0.25) is 4.79 Å². The minimum Gasteiger partial charge on any atom is -0.396 e. The van der Waals surface area contributed by atoms with Crippen molar-refractivity contribution in [3.63, 3.8) is 0 Å². The van der Waals surface area contributed by atoms with E-state index in [9.17, 15) is 4.79 Å². The van der Waals surface area contributed by atoms with E-state index in [0.29, 0.717) is 24.9 Å². The van der Waals surface area contributed by atoms with Crippen molar-refractivity contribution in [1.82, 2.24) is 4.90 Å². The van der Waals surface area contributed by atoms with E-state index in [1.807, 2.05) is 18.2 Å². The zero-order chi connectivity index (χ0) is 14.7. The smallest absolute Gasteiger partial charge is 0.233 e. The van der Waals surface area contributed by atoms with Gasteiger partial charge >= 0.3 is 0 Å². The van der Waals surface area contributed by atoms with Crippen molar-refractivity contribution in [3.05, 3.63) is 35.9 Å². The topological polar surface area (TPSA) is 40.5 Å². The Balaban J connectivity index is 1.82. The van der Waals surface area contributed by atoms with Crippen LogP contribution in [0.3, 0.4) is 0 Å². The van der Waals surface area contributed by atoms with Crippen LogP contribution in [0.1, 0.15) is 50.5 Å². The summed E-state index contributed by atoms with van der Waals surface area (Å²) in [6.07, 6.45) is 7.25. The molecular weight excluding hydrogens is 262 g/mol. The average molecular weight is 287 g/mol. The molecule has 1 N–H and O–H groups in total. The van der Waals surface area contributed by atoms with Gasteiger partial charge in [0.1, 0.15) is 0 Å². The number of carbonyl (C=O) groups is 1. The number of carbonyl (C=O) groups excluding carboxylic acids is 1. The van der Waals surface area contributed by atoms with Crippen LogP contribution in [0.25, 0.3) is 0 Å². The number of aliphatic hydroxyl groups excluding tert-OH is 1. The van der Waals surface area contributed by atoms with Gasteiger partial charge < -0.3 is 10.0 Å². The summed E-state index contributed by atoms with van der Waals surface area (Å²) >= 11 is 0. The summed E-state index contributed by atoms with van der Waals surface area (Å²) in [5, 5.41) is 9.12. The second kappa shape index (κ2) is 6.18. The molecule has 2 aliphatic rings. The maximum absolute atomic E-state index is 13.2. The number of hydrogen-bond donors (Lipinski definition) is 1. The van der Waals surface area contributed by atoms with Crippen molar-refractivity contribution in [2.45, 2.75) is 56.4 Å². The highest BCUT2D eigenvalue weighted by molar-refractivity contribution is 5.89. The van der Waals surface area contributed by atoms with Crippen molar-refractivity contribution in [1.29, 1.82) is 0 Å². The predicted octanol–water partition coefficient (Wildman–Crippen LogP) is 2.87. The molecule has 1 aromatic carbocycles. The minimum absolute atomic E-state index is 0.162. The van der Waals surface area contributed by atoms with Crippen molar-refractivity contribution in [2.24, 2.45) is 0 Å². The van der Waals surface area contributed by atoms with Crippen LogP contribution in [0.5, 0.6) is 0 Å². The zero-order valence-corrected chi connectivity index (χ0v) is 12.6. The first kappa shape index (κ1) is 14.6. The summed E-state index contributed by atoms with van der Waals surface area (Å²) in [5.41, 5.74) is 0.890. The first-order valence-corrected chi connectivity index (χ1v) is 8.25. The molecule has 1 amide bonds. The van der Waals surface area contributed by atoms with Crippen molar-refractivity contribution in [3.8, 4) is 0 Å². The SMILES string of the molecule is O=C(N(CCCO)C1CCC1)C1(c2ccccc2)CCC1. The molecule has 3 heteroatoms. The van der Waals surface area contributed by atoms with E-state index in [0.717, 1.165) is 32.1 Å². The van der Waals surface area contributed by atoms with Gasteiger partial charge in [-0.2, -0.15) is 0 Å². The Labute approximate surface area is 127 Å². The van der Waals surface area contributed by atoms with E-state index in [-0.39, 0.29) is 12.0 Å². The van der Waals surface area contributed by atoms with Crippen LogP contribution in [-0.2, 0) is 10.2 Å². The predicted molar refractivity (Wildman–Crippen MR) is 83.0 cm³/mol. The Morgan fingerprint density at radius 1 is 1.19 bits per heavy atom. The number of nitrogens with zero attached hydrogens (tertiary/aromatic N) is 1. The fraction of sp³-hybridized carbons (Fsp3) is 0.611. The number of amides is 1. The van der Waals surface area contributed by atoms with Crippen LogP contribution in [0.2, 0.25) is 0 Å². The lowest BCUT2D eigenvalue weighted by Crippen LogP contribution is -2.56. The first-order chi connectivity index (χ1) is 10.3. The van der Waals surface area contributed by atoms with Crippen LogP contribution >= 0.6 is 0 Å². The number of rotatable bonds is 6. The second-order valence-corrected chi connectivity index (χ2v) is 6.46. The molecule has 21 heavy (non-hydrogen) atoms. The molecule has 2 aliphatic carbocycles. The standard InChI is InChI=1S/C18H25NO2/c20-14-6-13-19(16-9-4-10-16)17(21)18(11-5-12-18)15-7-2-1-3-8-15/h1-3,7-8,16,20H,4-6,9-14H2. The third-order valence-corrected chi connectivity index (χ3v) is 5.28. The lowest BCUT2D eigenvalue weighted by atomic mass is 9.63. The summed E-state index contributed by atoms with van der Waals surface area (Å²) in [5.74, 6) is 0.304. The monoisotopic (exact) mass is 287 g/mol. The maximum Gasteiger partial charge on any atom is 0.233 e. The molecule has 0 saturated heterocycles. The van der Waals surface area contributed by atoms with E-state index in [2.05, 4.69) is 17.0 Å². The zero-order valence-electron chi connectivity index (χ0n) is 12.6. The molecular formula is C18H25NO2. The van der Waals surface area contributed by atoms with Gasteiger partial charge in [-0.25, -0.2) is 0 Å². The summed E-state index contributed by atoms with van der Waals surface area (Å²) in [7, 11) is 0. The largest absolute Gasteiger partial charge is 0.396 e. The minimum atomic E-state index is -0.285. The van der Waals surface area contributed by atoms with Gasteiger partial charge in [-0.05, 0) is 44.1 Å². The van der Waals surface area contributed by atoms with E-state index in [1.54, 1.807) is 0 Å². The highest BCUT2D eigenvalue weighted by Crippen LogP contribution is 2.46. The van der Waals surface area contributed by atoms with E-state index in [1.165, 1.54) is 12.0 Å². The normalized spacial score (nSPS) is 20.4. The van der Waals surface area contributed by atoms with Gasteiger partial charge in [0.05, 0.1) is 5.41 Å². The van der Waals surface area contributed by atoms with Crippen LogP contribution in [-0.4, -0.2) is 35.1 Å². The molecule has 0 atom stereocenters. The lowest BCUT2D eigenvalue weighted by molar-refractivity contribution is -0.145. The van der Waals surface area contributed by atoms with Crippen molar-refractivity contribution in [2.75, 3.05) is 13.2 Å². The van der Waals surface area contributed by atoms with Crippen molar-refractivity contribution >= 4 is 5.91 Å². The van der Waals surface area contributed by atoms with E-state index >= 15 is 0 Å². The molecule has 1 aromatic rings. The fourth-order valence-corrected chi connectivity index (χ4v) is 3.58. The molecule has 3 rings (SSSR count). The Morgan fingerprint density at radius 2 is 1.90 bits per heavy atom. The van der Waals surface area contributed by atoms with Gasteiger partial charge in [-0.1, -0.05) is 36.8 Å². The molecule has 0 heterocycles. The fourth-order valence-electron chi connectivity index (χ4n) is 3.58. The Bertz CT molecular complexity index is 477. The van der Waals surface area contributed by atoms with Crippen LogP contribution in [0.4, 0.5) is 0 Å². The molecule has 2 fully saturated rings. The second-order valence-electron chi connectivity index (χ2n) is 6.46. The molecule has 2 saturated carbocycles. The molecule has 0 spiro atoms. The molecule has 0 unspecified atom stereocenters. The third kappa shape index (κ3) is 2.59. The molecule has 0 aliphatic heterocycles. The highest BCUT2D eigenvalue weighted by atomic mass is 16.3. The average Bonchev–Trinajstić information content (AvgIpc) is 2.41. The maximum atomic E-state index is 13.2. The van der Waals surface area contributed by atoms with Crippen LogP contribution < -0.4 is 0 Å². The van der Waals surface area contributed by atoms with Crippen LogP contribution in [0.15, 0.2) is 30.3 Å². The third-order valence-electron chi connectivity index (χ3n) is 5.28. The molecule has 114 valence electrons. The Kier molecular flexibility index (Phi) is 4.29. The highest BCUT2D eigenvalue weighted by Gasteiger charge is 2.49. The Hall–Kier alpha value is -1.35. The van der Waals surface area contributed by atoms with Gasteiger partial charge in [-0.15, -0.1) is 0 Å². The van der Waals surface area contributed by atoms with Gasteiger partial charge in [0.25, 0.3) is 0 Å². The van der Waals surface area contributed by atoms with E-state index in [4.69, 9.17) is 5.11 Å². The van der Waals surface area contributed by atoms with Crippen LogP contribution in [0, 0.1) is 0 Å². The van der Waals surface area contributed by atoms with E-state index < -0.39 is 0 Å². The molecule has 0 radical (unpaired) electrons. The van der Waals surface area contributed by atoms with Gasteiger partial charge in [0.2, 0.25) is 5.91 Å². The summed E-state index contributed by atoms with van der Waals surface area (Å²) in [6, 6.07) is 10.7. The molecule has 3 nitrogen and oxygen atoms in total. The van der Waals surface area contributed by atoms with Crippen molar-refractivity contribution < 1.29 is 9.90 Å². The number of aliphatic hydroxyl groups is 1. The Morgan fingerprint density at radius 3 is 2.38 bits per heavy atom. The lowest BCUT2D eigenvalue weighted by Gasteiger charge is -2.48. The summed E-state index contributed by atoms with van der Waals surface area (Å²) < 4.78 is 0. The summed E-state index contributed by atoms with van der Waals surface area (Å²) in [6.45, 7) is 0.865. The van der Waals surface area contributed by atoms with Gasteiger partial charge in [0, 0.05) is 19.2 Å². The first-order valence-electron chi connectivity index (χ1n) is 8.25. The number of hydrogen-bond acceptors (Lipinski definition) is 2. The molecule has 0 bridgehead atoms. The summed E-state index contributed by atoms with van der Waals surface area (Å²) in [4.78, 5) is 15.3.